The SMILES string of the molecule is O=C1Oc2ccccc2C[C@H]1/C=C/c1cc2ccccc2oc1=O. The average molecular weight is 318 g/mol. The summed E-state index contributed by atoms with van der Waals surface area (Å²) in [4.78, 5) is 24.2. The molecule has 0 unspecified atom stereocenters. The van der Waals surface area contributed by atoms with Crippen LogP contribution in [0.4, 0.5) is 0 Å². The molecule has 0 saturated heterocycles. The zero-order valence-corrected chi connectivity index (χ0v) is 12.8. The number of ether oxygens (including phenoxy) is 1. The van der Waals surface area contributed by atoms with Crippen molar-refractivity contribution in [2.45, 2.75) is 6.42 Å². The molecule has 1 aliphatic rings. The second kappa shape index (κ2) is 5.81. The second-order valence-corrected chi connectivity index (χ2v) is 5.73. The van der Waals surface area contributed by atoms with Gasteiger partial charge in [-0.3, -0.25) is 4.79 Å². The van der Waals surface area contributed by atoms with E-state index in [2.05, 4.69) is 0 Å². The molecule has 0 radical (unpaired) electrons. The molecule has 0 saturated carbocycles. The summed E-state index contributed by atoms with van der Waals surface area (Å²) in [6.07, 6.45) is 3.90. The van der Waals surface area contributed by atoms with Crippen molar-refractivity contribution in [3.63, 3.8) is 0 Å². The summed E-state index contributed by atoms with van der Waals surface area (Å²) in [6, 6.07) is 16.6. The van der Waals surface area contributed by atoms with Gasteiger partial charge in [0.05, 0.1) is 11.5 Å². The first-order valence-corrected chi connectivity index (χ1v) is 7.71. The Balaban J connectivity index is 1.65. The number of rotatable bonds is 2. The molecule has 0 spiro atoms. The first kappa shape index (κ1) is 14.5. The van der Waals surface area contributed by atoms with Gasteiger partial charge in [0.15, 0.2) is 0 Å². The number of para-hydroxylation sites is 2. The Morgan fingerprint density at radius 3 is 2.71 bits per heavy atom. The van der Waals surface area contributed by atoms with E-state index in [9.17, 15) is 9.59 Å². The van der Waals surface area contributed by atoms with Crippen LogP contribution in [-0.4, -0.2) is 5.97 Å². The van der Waals surface area contributed by atoms with Gasteiger partial charge in [0, 0.05) is 5.39 Å². The van der Waals surface area contributed by atoms with E-state index in [1.165, 1.54) is 0 Å². The van der Waals surface area contributed by atoms with E-state index in [1.807, 2.05) is 36.4 Å². The summed E-state index contributed by atoms with van der Waals surface area (Å²) in [5.74, 6) is -0.113. The first-order valence-electron chi connectivity index (χ1n) is 7.71. The lowest BCUT2D eigenvalue weighted by molar-refractivity contribution is -0.138. The van der Waals surface area contributed by atoms with Gasteiger partial charge < -0.3 is 9.15 Å². The predicted molar refractivity (Wildman–Crippen MR) is 90.8 cm³/mol. The Kier molecular flexibility index (Phi) is 3.50. The standard InChI is InChI=1S/C20H14O4/c21-19-15(11-13-5-1-3-7-17(13)23-19)9-10-16-12-14-6-2-4-8-18(14)24-20(16)22/h1-11,16H,12H2/b10-9+/t16-/m1/s1. The number of benzene rings is 2. The first-order chi connectivity index (χ1) is 11.7. The van der Waals surface area contributed by atoms with Crippen LogP contribution in [0.2, 0.25) is 0 Å². The van der Waals surface area contributed by atoms with E-state index in [0.717, 1.165) is 10.9 Å². The number of carbonyl (C=O) groups is 1. The third-order valence-electron chi connectivity index (χ3n) is 4.10. The van der Waals surface area contributed by atoms with Crippen LogP contribution in [0.15, 0.2) is 69.9 Å². The van der Waals surface area contributed by atoms with Crippen LogP contribution in [0.1, 0.15) is 11.1 Å². The third-order valence-corrected chi connectivity index (χ3v) is 4.10. The van der Waals surface area contributed by atoms with E-state index in [0.29, 0.717) is 23.3 Å². The largest absolute Gasteiger partial charge is 0.426 e. The van der Waals surface area contributed by atoms with Gasteiger partial charge in [-0.15, -0.1) is 0 Å². The number of esters is 1. The molecule has 4 rings (SSSR count). The Labute approximate surface area is 138 Å². The van der Waals surface area contributed by atoms with E-state index >= 15 is 0 Å². The maximum Gasteiger partial charge on any atom is 0.343 e. The van der Waals surface area contributed by atoms with Gasteiger partial charge in [-0.1, -0.05) is 48.6 Å². The van der Waals surface area contributed by atoms with Crippen LogP contribution < -0.4 is 10.4 Å². The van der Waals surface area contributed by atoms with Crippen LogP contribution in [0, 0.1) is 5.92 Å². The number of hydrogen-bond donors (Lipinski definition) is 0. The topological polar surface area (TPSA) is 56.5 Å². The molecule has 0 fully saturated rings. The molecule has 0 bridgehead atoms. The molecule has 2 aromatic carbocycles. The summed E-state index contributed by atoms with van der Waals surface area (Å²) < 4.78 is 10.6. The molecule has 3 aromatic rings. The maximum absolute atomic E-state index is 12.1. The van der Waals surface area contributed by atoms with Crippen molar-refractivity contribution in [2.24, 2.45) is 5.92 Å². The fraction of sp³-hybridized carbons (Fsp3) is 0.100. The molecule has 0 aliphatic carbocycles. The quantitative estimate of drug-likeness (QED) is 0.412. The number of hydrogen-bond acceptors (Lipinski definition) is 4. The van der Waals surface area contributed by atoms with E-state index in [1.54, 1.807) is 30.4 Å². The summed E-state index contributed by atoms with van der Waals surface area (Å²) in [5, 5.41) is 0.841. The zero-order chi connectivity index (χ0) is 16.5. The van der Waals surface area contributed by atoms with Gasteiger partial charge in [0.2, 0.25) is 0 Å². The third kappa shape index (κ3) is 2.63. The molecular weight excluding hydrogens is 304 g/mol. The summed E-state index contributed by atoms with van der Waals surface area (Å²) >= 11 is 0. The van der Waals surface area contributed by atoms with Gasteiger partial charge in [-0.25, -0.2) is 4.79 Å². The normalized spacial score (nSPS) is 17.0. The summed E-state index contributed by atoms with van der Waals surface area (Å²) in [5.41, 5.74) is 1.53. The highest BCUT2D eigenvalue weighted by Crippen LogP contribution is 2.28. The van der Waals surface area contributed by atoms with Crippen molar-refractivity contribution in [1.29, 1.82) is 0 Å². The van der Waals surface area contributed by atoms with Gasteiger partial charge in [-0.05, 0) is 30.2 Å². The molecule has 1 aliphatic heterocycles. The second-order valence-electron chi connectivity index (χ2n) is 5.73. The van der Waals surface area contributed by atoms with Gasteiger partial charge >= 0.3 is 11.6 Å². The Bertz CT molecular complexity index is 1010. The van der Waals surface area contributed by atoms with E-state index in [4.69, 9.17) is 9.15 Å². The Morgan fingerprint density at radius 2 is 1.79 bits per heavy atom. The number of fused-ring (bicyclic) bond motifs is 2. The molecule has 1 atom stereocenters. The van der Waals surface area contributed by atoms with Gasteiger partial charge in [0.1, 0.15) is 11.3 Å². The Morgan fingerprint density at radius 1 is 1.00 bits per heavy atom. The fourth-order valence-corrected chi connectivity index (χ4v) is 2.84. The minimum Gasteiger partial charge on any atom is -0.426 e. The molecule has 24 heavy (non-hydrogen) atoms. The lowest BCUT2D eigenvalue weighted by Gasteiger charge is -2.20. The van der Waals surface area contributed by atoms with Gasteiger partial charge in [0.25, 0.3) is 0 Å². The highest BCUT2D eigenvalue weighted by Gasteiger charge is 2.25. The molecule has 0 N–H and O–H groups in total. The molecule has 1 aromatic heterocycles. The molecule has 0 amide bonds. The average Bonchev–Trinajstić information content (AvgIpc) is 2.60. The molecule has 118 valence electrons. The molecule has 4 nitrogen and oxygen atoms in total. The smallest absolute Gasteiger partial charge is 0.343 e. The van der Waals surface area contributed by atoms with Crippen molar-refractivity contribution < 1.29 is 13.9 Å². The van der Waals surface area contributed by atoms with E-state index < -0.39 is 11.5 Å². The van der Waals surface area contributed by atoms with Crippen molar-refractivity contribution in [1.82, 2.24) is 0 Å². The van der Waals surface area contributed by atoms with Crippen molar-refractivity contribution >= 4 is 23.0 Å². The summed E-state index contributed by atoms with van der Waals surface area (Å²) in [7, 11) is 0. The monoisotopic (exact) mass is 318 g/mol. The Hall–Kier alpha value is -3.14. The van der Waals surface area contributed by atoms with Crippen LogP contribution in [0.3, 0.4) is 0 Å². The lowest BCUT2D eigenvalue weighted by atomic mass is 9.95. The minimum atomic E-state index is -0.422. The zero-order valence-electron chi connectivity index (χ0n) is 12.8. The highest BCUT2D eigenvalue weighted by atomic mass is 16.5. The van der Waals surface area contributed by atoms with E-state index in [-0.39, 0.29) is 5.97 Å². The van der Waals surface area contributed by atoms with Crippen molar-refractivity contribution in [3.8, 4) is 5.75 Å². The van der Waals surface area contributed by atoms with Crippen LogP contribution in [-0.2, 0) is 11.2 Å². The lowest BCUT2D eigenvalue weighted by Crippen LogP contribution is -2.26. The predicted octanol–water partition coefficient (Wildman–Crippen LogP) is 3.58. The minimum absolute atomic E-state index is 0.310. The highest BCUT2D eigenvalue weighted by molar-refractivity contribution is 5.82. The fourth-order valence-electron chi connectivity index (χ4n) is 2.84. The molecular formula is C20H14O4. The van der Waals surface area contributed by atoms with Crippen LogP contribution in [0.5, 0.6) is 5.75 Å². The molecule has 2 heterocycles. The summed E-state index contributed by atoms with van der Waals surface area (Å²) in [6.45, 7) is 0. The van der Waals surface area contributed by atoms with Crippen LogP contribution in [0.25, 0.3) is 17.0 Å². The maximum atomic E-state index is 12.1. The van der Waals surface area contributed by atoms with Crippen molar-refractivity contribution in [2.75, 3.05) is 0 Å². The number of carbonyl (C=O) groups excluding carboxylic acids is 1. The molecule has 4 heteroatoms. The van der Waals surface area contributed by atoms with Gasteiger partial charge in [-0.2, -0.15) is 0 Å². The van der Waals surface area contributed by atoms with Crippen molar-refractivity contribution in [3.05, 3.63) is 82.2 Å². The van der Waals surface area contributed by atoms with Crippen LogP contribution >= 0.6 is 0 Å².